The summed E-state index contributed by atoms with van der Waals surface area (Å²) in [4.78, 5) is 31.0. The van der Waals surface area contributed by atoms with Gasteiger partial charge in [-0.1, -0.05) is 11.3 Å². The maximum Gasteiger partial charge on any atom is 0.323 e. The quantitative estimate of drug-likeness (QED) is 0.856. The molecule has 0 atom stereocenters. The highest BCUT2D eigenvalue weighted by Gasteiger charge is 2.24. The van der Waals surface area contributed by atoms with Gasteiger partial charge in [0, 0.05) is 32.2 Å². The molecule has 3 amide bonds. The fraction of sp³-hybridized carbons (Fsp3) is 0.400. The van der Waals surface area contributed by atoms with E-state index in [1.165, 1.54) is 22.3 Å². The zero-order chi connectivity index (χ0) is 17.3. The average molecular weight is 352 g/mol. The van der Waals surface area contributed by atoms with Gasteiger partial charge in [-0.2, -0.15) is 0 Å². The number of fused-ring (bicyclic) bond motifs is 1. The molecule has 0 spiro atoms. The average Bonchev–Trinajstić information content (AvgIpc) is 2.95. The van der Waals surface area contributed by atoms with Crippen molar-refractivity contribution in [3.05, 3.63) is 23.5 Å². The first-order valence-electron chi connectivity index (χ1n) is 7.49. The predicted molar refractivity (Wildman–Crippen MR) is 88.6 cm³/mol. The highest BCUT2D eigenvalue weighted by Crippen LogP contribution is 2.28. The maximum atomic E-state index is 13.6. The number of rotatable bonds is 2. The fourth-order valence-corrected chi connectivity index (χ4v) is 3.47. The van der Waals surface area contributed by atoms with Crippen LogP contribution in [-0.4, -0.2) is 64.6 Å². The summed E-state index contributed by atoms with van der Waals surface area (Å²) in [7, 11) is 0. The summed E-state index contributed by atoms with van der Waals surface area (Å²) >= 11 is 1.29. The Balaban J connectivity index is 1.64. The number of benzene rings is 1. The Bertz CT molecular complexity index is 747. The van der Waals surface area contributed by atoms with Crippen LogP contribution in [-0.2, 0) is 4.79 Å². The molecular weight excluding hydrogens is 335 g/mol. The number of hydrogen-bond donors (Lipinski definition) is 2. The van der Waals surface area contributed by atoms with Crippen LogP contribution in [0.25, 0.3) is 10.2 Å². The number of aliphatic hydroxyl groups is 1. The molecule has 1 aromatic heterocycles. The van der Waals surface area contributed by atoms with E-state index in [0.717, 1.165) is 4.70 Å². The van der Waals surface area contributed by atoms with Crippen molar-refractivity contribution < 1.29 is 19.1 Å². The van der Waals surface area contributed by atoms with Gasteiger partial charge in [-0.05, 0) is 18.6 Å². The van der Waals surface area contributed by atoms with E-state index in [9.17, 15) is 14.0 Å². The van der Waals surface area contributed by atoms with Gasteiger partial charge in [-0.15, -0.1) is 0 Å². The van der Waals surface area contributed by atoms with Crippen molar-refractivity contribution in [1.82, 2.24) is 14.8 Å². The van der Waals surface area contributed by atoms with E-state index in [-0.39, 0.29) is 17.8 Å². The van der Waals surface area contributed by atoms with Crippen LogP contribution in [0.15, 0.2) is 12.1 Å². The normalized spacial score (nSPS) is 15.0. The lowest BCUT2D eigenvalue weighted by Crippen LogP contribution is -2.52. The number of aliphatic hydroxyl groups excluding tert-OH is 1. The minimum Gasteiger partial charge on any atom is -0.387 e. The molecule has 2 aromatic rings. The van der Waals surface area contributed by atoms with E-state index in [2.05, 4.69) is 10.3 Å². The summed E-state index contributed by atoms with van der Waals surface area (Å²) in [6.45, 7) is 2.70. The molecule has 9 heteroatoms. The van der Waals surface area contributed by atoms with Crippen molar-refractivity contribution in [2.45, 2.75) is 6.92 Å². The highest BCUT2D eigenvalue weighted by atomic mass is 32.1. The first-order chi connectivity index (χ1) is 11.5. The number of urea groups is 1. The molecule has 24 heavy (non-hydrogen) atoms. The Morgan fingerprint density at radius 2 is 1.96 bits per heavy atom. The SMILES string of the molecule is Cc1cc2sc(NC(=O)N3CCN(C(=O)CO)CC3)nc2cc1F. The van der Waals surface area contributed by atoms with Crippen LogP contribution in [0.4, 0.5) is 14.3 Å². The molecule has 0 unspecified atom stereocenters. The van der Waals surface area contributed by atoms with Crippen LogP contribution in [0.1, 0.15) is 5.56 Å². The molecule has 3 rings (SSSR count). The zero-order valence-electron chi connectivity index (χ0n) is 13.1. The standard InChI is InChI=1S/C15H17FN4O3S/c1-9-6-12-11(7-10(9)16)17-14(24-12)18-15(23)20-4-2-19(3-5-20)13(22)8-21/h6-7,21H,2-5,8H2,1H3,(H,17,18,23). The van der Waals surface area contributed by atoms with Crippen LogP contribution in [0, 0.1) is 12.7 Å². The van der Waals surface area contributed by atoms with Gasteiger partial charge in [-0.3, -0.25) is 10.1 Å². The van der Waals surface area contributed by atoms with E-state index in [1.807, 2.05) is 0 Å². The van der Waals surface area contributed by atoms with E-state index in [4.69, 9.17) is 5.11 Å². The number of hydrogen-bond acceptors (Lipinski definition) is 5. The number of amides is 3. The van der Waals surface area contributed by atoms with Crippen molar-refractivity contribution in [2.24, 2.45) is 0 Å². The summed E-state index contributed by atoms with van der Waals surface area (Å²) in [5.41, 5.74) is 1.05. The number of anilines is 1. The number of carbonyl (C=O) groups is 2. The lowest BCUT2D eigenvalue weighted by Gasteiger charge is -2.34. The molecule has 1 fully saturated rings. The molecule has 0 aliphatic carbocycles. The Hall–Kier alpha value is -2.26. The molecule has 1 aromatic carbocycles. The molecule has 128 valence electrons. The zero-order valence-corrected chi connectivity index (χ0v) is 13.9. The predicted octanol–water partition coefficient (Wildman–Crippen LogP) is 1.41. The Kier molecular flexibility index (Phi) is 4.63. The molecule has 0 bridgehead atoms. The third-order valence-corrected chi connectivity index (χ3v) is 4.87. The lowest BCUT2D eigenvalue weighted by atomic mass is 10.2. The van der Waals surface area contributed by atoms with Crippen LogP contribution >= 0.6 is 11.3 Å². The molecule has 0 radical (unpaired) electrons. The molecule has 7 nitrogen and oxygen atoms in total. The minimum absolute atomic E-state index is 0.303. The van der Waals surface area contributed by atoms with Crippen molar-refractivity contribution in [2.75, 3.05) is 38.1 Å². The van der Waals surface area contributed by atoms with E-state index in [1.54, 1.807) is 17.9 Å². The molecule has 1 aliphatic rings. The number of nitrogens with zero attached hydrogens (tertiary/aromatic N) is 3. The molecule has 1 aliphatic heterocycles. The summed E-state index contributed by atoms with van der Waals surface area (Å²) < 4.78 is 14.4. The summed E-state index contributed by atoms with van der Waals surface area (Å²) in [6.07, 6.45) is 0. The lowest BCUT2D eigenvalue weighted by molar-refractivity contribution is -0.135. The molecular formula is C15H17FN4O3S. The number of nitrogens with one attached hydrogen (secondary N) is 1. The van der Waals surface area contributed by atoms with Crippen LogP contribution < -0.4 is 5.32 Å². The molecule has 1 saturated heterocycles. The van der Waals surface area contributed by atoms with E-state index in [0.29, 0.717) is 42.4 Å². The number of carbonyl (C=O) groups excluding carboxylic acids is 2. The minimum atomic E-state index is -0.520. The van der Waals surface area contributed by atoms with Gasteiger partial charge >= 0.3 is 6.03 Å². The topological polar surface area (TPSA) is 85.8 Å². The van der Waals surface area contributed by atoms with Gasteiger partial charge in [-0.25, -0.2) is 14.2 Å². The van der Waals surface area contributed by atoms with Crippen LogP contribution in [0.3, 0.4) is 0 Å². The van der Waals surface area contributed by atoms with Gasteiger partial charge < -0.3 is 14.9 Å². The highest BCUT2D eigenvalue weighted by molar-refractivity contribution is 7.22. The Morgan fingerprint density at radius 1 is 1.29 bits per heavy atom. The Morgan fingerprint density at radius 3 is 2.62 bits per heavy atom. The third-order valence-electron chi connectivity index (χ3n) is 3.94. The van der Waals surface area contributed by atoms with Gasteiger partial charge in [0.15, 0.2) is 5.13 Å². The monoisotopic (exact) mass is 352 g/mol. The van der Waals surface area contributed by atoms with Crippen molar-refractivity contribution in [3.8, 4) is 0 Å². The second-order valence-corrected chi connectivity index (χ2v) is 6.57. The van der Waals surface area contributed by atoms with Gasteiger partial charge in [0.25, 0.3) is 0 Å². The largest absolute Gasteiger partial charge is 0.387 e. The second kappa shape index (κ2) is 6.70. The molecule has 0 saturated carbocycles. The number of aromatic nitrogens is 1. The van der Waals surface area contributed by atoms with Crippen LogP contribution in [0.2, 0.25) is 0 Å². The number of halogens is 1. The summed E-state index contributed by atoms with van der Waals surface area (Å²) in [5.74, 6) is -0.658. The molecule has 2 N–H and O–H groups in total. The van der Waals surface area contributed by atoms with Crippen LogP contribution in [0.5, 0.6) is 0 Å². The summed E-state index contributed by atoms with van der Waals surface area (Å²) in [6, 6.07) is 2.76. The van der Waals surface area contributed by atoms with Crippen molar-refractivity contribution in [3.63, 3.8) is 0 Å². The second-order valence-electron chi connectivity index (χ2n) is 5.54. The van der Waals surface area contributed by atoms with Gasteiger partial charge in [0.1, 0.15) is 12.4 Å². The first-order valence-corrected chi connectivity index (χ1v) is 8.31. The van der Waals surface area contributed by atoms with E-state index < -0.39 is 6.61 Å². The van der Waals surface area contributed by atoms with Gasteiger partial charge in [0.05, 0.1) is 10.2 Å². The van der Waals surface area contributed by atoms with Crippen molar-refractivity contribution >= 4 is 38.6 Å². The fourth-order valence-electron chi connectivity index (χ4n) is 2.53. The first kappa shape index (κ1) is 16.6. The van der Waals surface area contributed by atoms with Crippen molar-refractivity contribution in [1.29, 1.82) is 0 Å². The number of piperazine rings is 1. The van der Waals surface area contributed by atoms with Gasteiger partial charge in [0.2, 0.25) is 5.91 Å². The summed E-state index contributed by atoms with van der Waals surface area (Å²) in [5, 5.41) is 12.0. The number of thiazole rings is 1. The number of aryl methyl sites for hydroxylation is 1. The molecule has 2 heterocycles. The van der Waals surface area contributed by atoms with E-state index >= 15 is 0 Å². The smallest absolute Gasteiger partial charge is 0.323 e. The maximum absolute atomic E-state index is 13.6. The Labute approximate surface area is 141 Å². The third kappa shape index (κ3) is 3.31.